The summed E-state index contributed by atoms with van der Waals surface area (Å²) in [5, 5.41) is 0. The van der Waals surface area contributed by atoms with Crippen LogP contribution in [-0.4, -0.2) is 24.5 Å². The lowest BCUT2D eigenvalue weighted by Gasteiger charge is -2.52. The second-order valence-electron chi connectivity index (χ2n) is 4.28. The second kappa shape index (κ2) is 1.79. The molecule has 10 heavy (non-hydrogen) atoms. The Hall–Kier alpha value is 1.30. The van der Waals surface area contributed by atoms with Gasteiger partial charge in [-0.05, 0) is 24.5 Å². The van der Waals surface area contributed by atoms with Gasteiger partial charge in [-0.1, -0.05) is 25.4 Å². The highest BCUT2D eigenvalue weighted by atomic mass is 33.9. The van der Waals surface area contributed by atoms with Crippen LogP contribution in [0.1, 0.15) is 0 Å². The highest BCUT2D eigenvalue weighted by Crippen LogP contribution is 3.32. The van der Waals surface area contributed by atoms with E-state index in [0.29, 0.717) is 0 Å². The van der Waals surface area contributed by atoms with Crippen LogP contribution < -0.4 is 0 Å². The van der Waals surface area contributed by atoms with Crippen LogP contribution in [0.4, 0.5) is 0 Å². The Kier molecular flexibility index (Phi) is 1.68. The topological polar surface area (TPSA) is 0 Å². The maximum absolute atomic E-state index is 3.83. The fourth-order valence-electron chi connectivity index (χ4n) is 0.850. The van der Waals surface area contributed by atoms with Crippen LogP contribution in [0.15, 0.2) is 12.7 Å². The molecular weight excluding hydrogens is 198 g/mol. The molecule has 1 heterocycles. The van der Waals surface area contributed by atoms with Gasteiger partial charge in [-0.2, -0.15) is 0 Å². The highest BCUT2D eigenvalue weighted by Gasteiger charge is 2.67. The third kappa shape index (κ3) is 1.29. The van der Waals surface area contributed by atoms with E-state index >= 15 is 0 Å². The Bertz CT molecular complexity index is 201. The van der Waals surface area contributed by atoms with E-state index in [0.717, 1.165) is 0 Å². The molecule has 1 saturated heterocycles. The predicted octanol–water partition coefficient (Wildman–Crippen LogP) is 3.70. The summed E-state index contributed by atoms with van der Waals surface area (Å²) < 4.78 is 0. The van der Waals surface area contributed by atoms with Crippen molar-refractivity contribution in [3.05, 3.63) is 12.7 Å². The molecule has 1 fully saturated rings. The quantitative estimate of drug-likeness (QED) is 0.292. The molecule has 0 aliphatic carbocycles. The zero-order valence-electron chi connectivity index (χ0n) is 6.83. The molecule has 1 rings (SSSR count). The van der Waals surface area contributed by atoms with Gasteiger partial charge in [-0.15, -0.1) is 6.58 Å². The molecule has 0 aromatic rings. The zero-order chi connectivity index (χ0) is 8.11. The molecular formula is C6H16P2S2. The van der Waals surface area contributed by atoms with Crippen LogP contribution in [0.2, 0.25) is 0 Å². The van der Waals surface area contributed by atoms with Crippen molar-refractivity contribution in [1.82, 2.24) is 0 Å². The standard InChI is InChI=1S/C6H16P2S2/c1-5-6-10(2,3,4)8(7)9-10/h5H,1,6-7H2,2-4H3. The van der Waals surface area contributed by atoms with E-state index in [-0.39, 0.29) is 6.01 Å². The Morgan fingerprint density at radius 1 is 1.60 bits per heavy atom. The minimum atomic E-state index is -1.57. The van der Waals surface area contributed by atoms with Gasteiger partial charge in [0, 0.05) is 6.01 Å². The molecule has 2 unspecified atom stereocenters. The summed E-state index contributed by atoms with van der Waals surface area (Å²) in [6.07, 6.45) is 9.47. The van der Waals surface area contributed by atoms with Gasteiger partial charge < -0.3 is 0 Å². The van der Waals surface area contributed by atoms with Gasteiger partial charge in [0.15, 0.2) is 0 Å². The van der Waals surface area contributed by atoms with Crippen molar-refractivity contribution < 1.29 is 0 Å². The van der Waals surface area contributed by atoms with Crippen LogP contribution >= 0.6 is 32.3 Å². The van der Waals surface area contributed by atoms with Gasteiger partial charge >= 0.3 is 0 Å². The van der Waals surface area contributed by atoms with E-state index in [1.165, 1.54) is 5.75 Å². The lowest BCUT2D eigenvalue weighted by molar-refractivity contribution is 1.72. The lowest BCUT2D eigenvalue weighted by atomic mass is 10.8. The van der Waals surface area contributed by atoms with Gasteiger partial charge in [-0.3, -0.25) is 0 Å². The zero-order valence-corrected chi connectivity index (χ0v) is 10.5. The average Bonchev–Trinajstić information content (AvgIpc) is 2.02. The summed E-state index contributed by atoms with van der Waals surface area (Å²) in [6, 6.07) is 0.194. The molecule has 0 nitrogen and oxygen atoms in total. The maximum Gasteiger partial charge on any atom is 0.0176 e. The predicted molar refractivity (Wildman–Crippen MR) is 64.6 cm³/mol. The van der Waals surface area contributed by atoms with Crippen molar-refractivity contribution >= 4 is 32.3 Å². The molecule has 0 radical (unpaired) electrons. The summed E-state index contributed by atoms with van der Waals surface area (Å²) in [7, 11) is 5.20. The first kappa shape index (κ1) is 9.39. The molecule has 0 saturated carbocycles. The van der Waals surface area contributed by atoms with E-state index < -0.39 is 6.95 Å². The first-order chi connectivity index (χ1) is 4.23. The van der Waals surface area contributed by atoms with Crippen molar-refractivity contribution in [2.24, 2.45) is 0 Å². The van der Waals surface area contributed by atoms with Crippen molar-refractivity contribution in [2.45, 2.75) is 0 Å². The van der Waals surface area contributed by atoms with E-state index in [4.69, 9.17) is 0 Å². The van der Waals surface area contributed by atoms with Crippen LogP contribution in [0.5, 0.6) is 0 Å². The minimum absolute atomic E-state index is 0.194. The van der Waals surface area contributed by atoms with Gasteiger partial charge in [0.05, 0.1) is 0 Å². The number of rotatable bonds is 2. The third-order valence-corrected chi connectivity index (χ3v) is 37.6. The van der Waals surface area contributed by atoms with Crippen LogP contribution in [-0.2, 0) is 0 Å². The first-order valence-corrected chi connectivity index (χ1v) is 12.5. The van der Waals surface area contributed by atoms with E-state index in [1.54, 1.807) is 0 Å². The smallest absolute Gasteiger partial charge is 0.0176 e. The monoisotopic (exact) mass is 214 g/mol. The number of hydrogen-bond acceptors (Lipinski definition) is 1. The van der Waals surface area contributed by atoms with Crippen molar-refractivity contribution in [3.63, 3.8) is 0 Å². The molecule has 0 N–H and O–H groups in total. The van der Waals surface area contributed by atoms with Crippen molar-refractivity contribution in [2.75, 3.05) is 24.5 Å². The summed E-state index contributed by atoms with van der Waals surface area (Å²) in [6.45, 7) is 2.26. The first-order valence-electron chi connectivity index (χ1n) is 3.12. The second-order valence-corrected chi connectivity index (χ2v) is 30.4. The Morgan fingerprint density at radius 2 is 2.00 bits per heavy atom. The molecule has 62 valence electrons. The highest BCUT2D eigenvalue weighted by molar-refractivity contribution is 9.73. The van der Waals surface area contributed by atoms with E-state index in [2.05, 4.69) is 50.8 Å². The average molecular weight is 214 g/mol. The molecule has 4 heteroatoms. The normalized spacial score (nSPS) is 45.4. The van der Waals surface area contributed by atoms with Crippen molar-refractivity contribution in [1.29, 1.82) is 0 Å². The molecule has 0 spiro atoms. The van der Waals surface area contributed by atoms with Gasteiger partial charge in [0.1, 0.15) is 0 Å². The maximum atomic E-state index is 3.83. The van der Waals surface area contributed by atoms with Crippen LogP contribution in [0.25, 0.3) is 0 Å². The van der Waals surface area contributed by atoms with Gasteiger partial charge in [-0.25, -0.2) is 6.95 Å². The van der Waals surface area contributed by atoms with E-state index in [1.807, 2.05) is 0 Å². The molecule has 0 aromatic heterocycles. The summed E-state index contributed by atoms with van der Waals surface area (Å²) in [5.41, 5.74) is 0. The van der Waals surface area contributed by atoms with Crippen molar-refractivity contribution in [3.8, 4) is 0 Å². The van der Waals surface area contributed by atoms with E-state index in [9.17, 15) is 0 Å². The fraction of sp³-hybridized carbons (Fsp3) is 0.667. The SMILES string of the molecule is C=CCS1(C)(C)(C)SP1P. The lowest BCUT2D eigenvalue weighted by Crippen LogP contribution is -2.13. The van der Waals surface area contributed by atoms with Crippen LogP contribution in [0.3, 0.4) is 0 Å². The summed E-state index contributed by atoms with van der Waals surface area (Å²) in [4.78, 5) is 0. The molecule has 1 aliphatic heterocycles. The Morgan fingerprint density at radius 3 is 2.10 bits per heavy atom. The molecule has 2 atom stereocenters. The fourth-order valence-corrected chi connectivity index (χ4v) is 31.5. The van der Waals surface area contributed by atoms with Crippen LogP contribution in [0, 0.1) is 0 Å². The molecule has 1 aliphatic rings. The summed E-state index contributed by atoms with van der Waals surface area (Å²) in [5.74, 6) is 1.22. The largest absolute Gasteiger partial charge is 0.211 e. The van der Waals surface area contributed by atoms with Gasteiger partial charge in [0.2, 0.25) is 0 Å². The summed E-state index contributed by atoms with van der Waals surface area (Å²) >= 11 is 0. The molecule has 0 aromatic carbocycles. The minimum Gasteiger partial charge on any atom is -0.211 e. The molecule has 0 amide bonds. The Balaban J connectivity index is 2.93. The third-order valence-electron chi connectivity index (χ3n) is 1.86. The molecule has 0 bridgehead atoms. The van der Waals surface area contributed by atoms with Gasteiger partial charge in [0.25, 0.3) is 0 Å². The Labute approximate surface area is 69.6 Å². The number of hydrogen-bond donors (Lipinski definition) is 0.